The smallest absolute Gasteiger partial charge is 0.410 e. The number of nitrogens with one attached hydrogen (secondary N) is 1. The summed E-state index contributed by atoms with van der Waals surface area (Å²) in [6.07, 6.45) is -2.62. The van der Waals surface area contributed by atoms with Gasteiger partial charge in [0.25, 0.3) is 0 Å². The predicted molar refractivity (Wildman–Crippen MR) is 86.4 cm³/mol. The van der Waals surface area contributed by atoms with Gasteiger partial charge in [-0.1, -0.05) is 0 Å². The van der Waals surface area contributed by atoms with Gasteiger partial charge in [0.05, 0.1) is 0 Å². The van der Waals surface area contributed by atoms with E-state index in [-0.39, 0.29) is 31.0 Å². The van der Waals surface area contributed by atoms with Crippen molar-refractivity contribution in [2.24, 2.45) is 0 Å². The Morgan fingerprint density at radius 2 is 1.55 bits per heavy atom. The number of Topliss-reactive ketones (excluding diaryl/α,β-unsaturated/α-hetero) is 2. The highest BCUT2D eigenvalue weighted by atomic mass is 35.5. The number of amides is 1. The van der Waals surface area contributed by atoms with Crippen molar-refractivity contribution in [1.29, 1.82) is 0 Å². The van der Waals surface area contributed by atoms with E-state index in [1.54, 1.807) is 20.8 Å². The monoisotopic (exact) mass is 342 g/mol. The number of ketones is 2. The zero-order valence-corrected chi connectivity index (χ0v) is 13.6. The summed E-state index contributed by atoms with van der Waals surface area (Å²) in [6, 6.07) is 0. The van der Waals surface area contributed by atoms with Gasteiger partial charge in [0, 0.05) is 62.6 Å². The molecule has 2 fully saturated rings. The molecule has 2 aliphatic rings. The van der Waals surface area contributed by atoms with Gasteiger partial charge in [-0.15, -0.1) is 12.4 Å². The maximum absolute atomic E-state index is 11.9. The molecule has 1 N–H and O–H groups in total. The Kier molecular flexibility index (Phi) is 4.72. The molecule has 2 heterocycles. The molecule has 2 aliphatic heterocycles. The van der Waals surface area contributed by atoms with E-state index in [4.69, 9.17) is 15.7 Å². The van der Waals surface area contributed by atoms with Crippen LogP contribution in [0.3, 0.4) is 0 Å². The first-order valence-electron chi connectivity index (χ1n) is 10.5. The minimum atomic E-state index is -2.37. The maximum atomic E-state index is 11.9. The van der Waals surface area contributed by atoms with E-state index in [1.165, 1.54) is 0 Å². The zero-order valence-electron chi connectivity index (χ0n) is 20.8. The Morgan fingerprint density at radius 1 is 1.09 bits per heavy atom. The summed E-state index contributed by atoms with van der Waals surface area (Å²) in [4.78, 5) is 34.3. The van der Waals surface area contributed by atoms with E-state index in [2.05, 4.69) is 5.32 Å². The summed E-state index contributed by atoms with van der Waals surface area (Å²) >= 11 is 0. The summed E-state index contributed by atoms with van der Waals surface area (Å²) in [7, 11) is 0. The molecule has 0 unspecified atom stereocenters. The molecule has 0 atom stereocenters. The van der Waals surface area contributed by atoms with Gasteiger partial charge in [0.1, 0.15) is 17.2 Å². The third-order valence-corrected chi connectivity index (χ3v) is 2.19. The molecule has 0 bridgehead atoms. The molecule has 0 saturated carbocycles. The van der Waals surface area contributed by atoms with Crippen LogP contribution in [-0.2, 0) is 14.3 Å². The maximum Gasteiger partial charge on any atom is 0.410 e. The number of likely N-dealkylation sites (tertiary alicyclic amines) is 1. The van der Waals surface area contributed by atoms with Crippen molar-refractivity contribution in [2.75, 3.05) is 26.0 Å². The number of piperidine rings is 2. The Balaban J connectivity index is 0.000000603. The molecule has 7 heteroatoms. The number of carbonyl (C=O) groups is 3. The van der Waals surface area contributed by atoms with Crippen molar-refractivity contribution in [3.63, 3.8) is 0 Å². The second-order valence-corrected chi connectivity index (χ2v) is 5.39. The lowest BCUT2D eigenvalue weighted by atomic mass is 10.1. The fraction of sp³-hybridized carbons (Fsp3) is 0.800. The van der Waals surface area contributed by atoms with Crippen molar-refractivity contribution < 1.29 is 30.1 Å². The highest BCUT2D eigenvalue weighted by molar-refractivity contribution is 5.85. The third kappa shape index (κ3) is 9.00. The fourth-order valence-electron chi connectivity index (χ4n) is 1.30. The first-order valence-corrected chi connectivity index (χ1v) is 6.52. The zero-order chi connectivity index (χ0) is 23.1. The number of carbonyl (C=O) groups excluding carboxylic acids is 3. The molecule has 6 nitrogen and oxygen atoms in total. The van der Waals surface area contributed by atoms with Gasteiger partial charge < -0.3 is 15.0 Å². The van der Waals surface area contributed by atoms with E-state index in [1.807, 2.05) is 0 Å². The molecule has 0 aromatic carbocycles. The fourth-order valence-corrected chi connectivity index (χ4v) is 1.30. The van der Waals surface area contributed by atoms with Crippen LogP contribution in [0.2, 0.25) is 0 Å². The lowest BCUT2D eigenvalue weighted by Gasteiger charge is -2.29. The summed E-state index contributed by atoms with van der Waals surface area (Å²) in [6.45, 7) is -3.72. The molecular formula is C15H27ClN2O4. The van der Waals surface area contributed by atoms with Gasteiger partial charge in [-0.3, -0.25) is 9.59 Å². The molecule has 2 saturated heterocycles. The highest BCUT2D eigenvalue weighted by Crippen LogP contribution is 2.13. The molecule has 0 aromatic rings. The topological polar surface area (TPSA) is 75.7 Å². The number of hydrogen-bond acceptors (Lipinski definition) is 5. The normalized spacial score (nSPS) is 33.3. The number of ether oxygens (including phenoxy) is 1. The predicted octanol–water partition coefficient (Wildman–Crippen LogP) is 1.95. The molecule has 0 radical (unpaired) electrons. The second kappa shape index (κ2) is 9.79. The first-order chi connectivity index (χ1) is 12.7. The van der Waals surface area contributed by atoms with Crippen molar-refractivity contribution >= 4 is 30.1 Å². The highest BCUT2D eigenvalue weighted by Gasteiger charge is 2.25. The van der Waals surface area contributed by atoms with Crippen LogP contribution in [-0.4, -0.2) is 54.1 Å². The lowest BCUT2D eigenvalue weighted by Crippen LogP contribution is -2.41. The van der Waals surface area contributed by atoms with E-state index >= 15 is 0 Å². The van der Waals surface area contributed by atoms with Crippen LogP contribution >= 0.6 is 12.4 Å². The van der Waals surface area contributed by atoms with Crippen LogP contribution in [0.1, 0.15) is 57.4 Å². The van der Waals surface area contributed by atoms with Crippen LogP contribution in [0.4, 0.5) is 4.79 Å². The number of hydrogen-bond donors (Lipinski definition) is 1. The van der Waals surface area contributed by atoms with Crippen molar-refractivity contribution in [3.8, 4) is 0 Å². The van der Waals surface area contributed by atoms with Gasteiger partial charge in [0.2, 0.25) is 0 Å². The molecule has 22 heavy (non-hydrogen) atoms. The van der Waals surface area contributed by atoms with Crippen LogP contribution in [0.15, 0.2) is 0 Å². The van der Waals surface area contributed by atoms with Gasteiger partial charge in [-0.2, -0.15) is 0 Å². The summed E-state index contributed by atoms with van der Waals surface area (Å²) in [5.74, 6) is -0.927. The van der Waals surface area contributed by atoms with Crippen LogP contribution in [0.25, 0.3) is 0 Å². The number of rotatable bonds is 0. The quantitative estimate of drug-likeness (QED) is 0.728. The van der Waals surface area contributed by atoms with Crippen molar-refractivity contribution in [2.45, 2.75) is 52.1 Å². The van der Waals surface area contributed by atoms with Crippen LogP contribution in [0.5, 0.6) is 0 Å². The van der Waals surface area contributed by atoms with Gasteiger partial charge in [0.15, 0.2) is 0 Å². The molecular weight excluding hydrogens is 308 g/mol. The van der Waals surface area contributed by atoms with E-state index in [9.17, 15) is 14.4 Å². The van der Waals surface area contributed by atoms with Gasteiger partial charge >= 0.3 is 6.09 Å². The van der Waals surface area contributed by atoms with Crippen LogP contribution in [0, 0.1) is 0 Å². The molecule has 0 aromatic heterocycles. The SMILES string of the molecule is Cl.[2H]C1([2H])CC(=O)CC([2H])([2H])N1.[2H]C1([2H])CC(=O)CC([2H])([2H])N1C(=O)OC(C)(C)C. The minimum Gasteiger partial charge on any atom is -0.444 e. The Hall–Kier alpha value is -1.14. The summed E-state index contributed by atoms with van der Waals surface area (Å²) < 4.78 is 64.0. The number of nitrogens with zero attached hydrogens (tertiary/aromatic N) is 1. The van der Waals surface area contributed by atoms with Gasteiger partial charge in [-0.05, 0) is 20.8 Å². The lowest BCUT2D eigenvalue weighted by molar-refractivity contribution is -0.121. The standard InChI is InChI=1S/C10H17NO3.C5H9NO.ClH/c1-10(2,3)14-9(13)11-6-4-8(12)5-7-11;7-5-1-3-6-4-2-5;/h4-7H2,1-3H3;6H,1-4H2;1H/i6D2,7D2;3D2,4D2;. The van der Waals surface area contributed by atoms with Gasteiger partial charge in [-0.25, -0.2) is 4.79 Å². The third-order valence-electron chi connectivity index (χ3n) is 2.19. The van der Waals surface area contributed by atoms with E-state index in [0.717, 1.165) is 0 Å². The molecule has 0 spiro atoms. The molecule has 128 valence electrons. The Labute approximate surface area is 149 Å². The summed E-state index contributed by atoms with van der Waals surface area (Å²) in [5, 5.41) is 2.11. The molecule has 2 rings (SSSR count). The largest absolute Gasteiger partial charge is 0.444 e. The van der Waals surface area contributed by atoms with E-state index in [0.29, 0.717) is 4.90 Å². The van der Waals surface area contributed by atoms with Crippen LogP contribution < -0.4 is 5.32 Å². The average Bonchev–Trinajstić information content (AvgIpc) is 2.26. The first kappa shape index (κ1) is 10.6. The molecule has 0 aliphatic carbocycles. The second-order valence-electron chi connectivity index (χ2n) is 5.39. The minimum absolute atomic E-state index is 0. The van der Waals surface area contributed by atoms with E-state index < -0.39 is 56.3 Å². The average molecular weight is 343 g/mol. The van der Waals surface area contributed by atoms with Crippen molar-refractivity contribution in [1.82, 2.24) is 10.2 Å². The Bertz CT molecular complexity index is 644. The Morgan fingerprint density at radius 3 is 1.95 bits per heavy atom. The van der Waals surface area contributed by atoms with Crippen molar-refractivity contribution in [3.05, 3.63) is 0 Å². The number of halogens is 1. The molecule has 1 amide bonds. The summed E-state index contributed by atoms with van der Waals surface area (Å²) in [5.41, 5.74) is -0.856.